The van der Waals surface area contributed by atoms with Gasteiger partial charge in [-0.25, -0.2) is 0 Å². The van der Waals surface area contributed by atoms with E-state index in [1.54, 1.807) is 0 Å². The van der Waals surface area contributed by atoms with Gasteiger partial charge in [-0.15, -0.1) is 0 Å². The molecule has 0 bridgehead atoms. The fourth-order valence-corrected chi connectivity index (χ4v) is 4.81. The minimum atomic E-state index is -0.148. The van der Waals surface area contributed by atoms with Crippen molar-refractivity contribution in [1.29, 1.82) is 0 Å². The van der Waals surface area contributed by atoms with E-state index in [4.69, 9.17) is 4.74 Å². The van der Waals surface area contributed by atoms with Crippen LogP contribution in [-0.2, 0) is 9.53 Å². The Morgan fingerprint density at radius 1 is 0.394 bits per heavy atom. The molecule has 198 valence electrons. The van der Waals surface area contributed by atoms with Crippen LogP contribution in [0.2, 0.25) is 0 Å². The molecule has 0 fully saturated rings. The molecule has 0 aliphatic rings. The molecule has 0 saturated heterocycles. The van der Waals surface area contributed by atoms with Crippen molar-refractivity contribution in [3.63, 3.8) is 0 Å². The summed E-state index contributed by atoms with van der Waals surface area (Å²) in [6, 6.07) is 0. The number of esters is 1. The predicted octanol–water partition coefficient (Wildman–Crippen LogP) is 11.1. The molecule has 2 heteroatoms. The van der Waals surface area contributed by atoms with Crippen molar-refractivity contribution in [2.75, 3.05) is 6.61 Å². The second-order valence-corrected chi connectivity index (χ2v) is 10.5. The second kappa shape index (κ2) is 29.5. The molecule has 0 heterocycles. The van der Waals surface area contributed by atoms with Crippen LogP contribution in [0.4, 0.5) is 0 Å². The van der Waals surface area contributed by atoms with Crippen molar-refractivity contribution < 1.29 is 9.53 Å². The van der Waals surface area contributed by atoms with Crippen molar-refractivity contribution in [1.82, 2.24) is 0 Å². The van der Waals surface area contributed by atoms with Crippen LogP contribution >= 0.6 is 0 Å². The van der Waals surface area contributed by atoms with Crippen molar-refractivity contribution in [2.24, 2.45) is 0 Å². The van der Waals surface area contributed by atoms with Gasteiger partial charge in [0.25, 0.3) is 0 Å². The number of unbranched alkanes of at least 4 members (excludes halogenated alkanes) is 26. The number of rotatable bonds is 28. The van der Waals surface area contributed by atoms with Crippen LogP contribution in [0.25, 0.3) is 0 Å². The Kier molecular flexibility index (Phi) is 29.0. The normalized spacial score (nSPS) is 11.2. The number of hydrogen-bond donors (Lipinski definition) is 0. The molecule has 0 aromatic carbocycles. The summed E-state index contributed by atoms with van der Waals surface area (Å²) in [5.41, 5.74) is 0. The average Bonchev–Trinajstić information content (AvgIpc) is 2.80. The number of carbonyl (C=O) groups is 1. The Morgan fingerprint density at radius 3 is 0.818 bits per heavy atom. The first-order chi connectivity index (χ1) is 16.3. The first-order valence-electron chi connectivity index (χ1n) is 15.4. The van der Waals surface area contributed by atoms with E-state index in [1.807, 2.05) is 0 Å². The fraction of sp³-hybridized carbons (Fsp3) is 0.968. The van der Waals surface area contributed by atoms with Crippen LogP contribution in [0.3, 0.4) is 0 Å². The molecule has 0 N–H and O–H groups in total. The summed E-state index contributed by atoms with van der Waals surface area (Å²) in [6.07, 6.45) is 38.3. The number of ether oxygens (including phenoxy) is 1. The van der Waals surface area contributed by atoms with E-state index in [0.717, 1.165) is 6.42 Å². The third kappa shape index (κ3) is 31.5. The van der Waals surface area contributed by atoms with E-state index in [1.165, 1.54) is 174 Å². The van der Waals surface area contributed by atoms with Crippen LogP contribution < -0.4 is 0 Å². The summed E-state index contributed by atoms with van der Waals surface area (Å²) in [6.45, 7) is 4.39. The Morgan fingerprint density at radius 2 is 0.606 bits per heavy atom. The second-order valence-electron chi connectivity index (χ2n) is 10.5. The lowest BCUT2D eigenvalue weighted by atomic mass is 10.0. The molecule has 0 aromatic heterocycles. The Hall–Kier alpha value is -0.530. The average molecular weight is 467 g/mol. The highest BCUT2D eigenvalue weighted by Gasteiger charge is 1.97. The lowest BCUT2D eigenvalue weighted by Gasteiger charge is -2.04. The molecule has 2 nitrogen and oxygen atoms in total. The minimum absolute atomic E-state index is 0.148. The third-order valence-electron chi connectivity index (χ3n) is 7.05. The molecule has 0 aromatic rings. The van der Waals surface area contributed by atoms with E-state index >= 15 is 0 Å². The van der Waals surface area contributed by atoms with Crippen LogP contribution in [0.1, 0.15) is 187 Å². The van der Waals surface area contributed by atoms with E-state index in [9.17, 15) is 4.79 Å². The zero-order valence-corrected chi connectivity index (χ0v) is 23.1. The van der Waals surface area contributed by atoms with E-state index in [2.05, 4.69) is 6.92 Å². The van der Waals surface area contributed by atoms with Gasteiger partial charge in [-0.3, -0.25) is 4.79 Å². The van der Waals surface area contributed by atoms with Crippen molar-refractivity contribution in [2.45, 2.75) is 187 Å². The Bertz CT molecular complexity index is 366. The lowest BCUT2D eigenvalue weighted by molar-refractivity contribution is -0.141. The van der Waals surface area contributed by atoms with Gasteiger partial charge in [-0.2, -0.15) is 0 Å². The molecule has 0 atom stereocenters. The van der Waals surface area contributed by atoms with E-state index in [0.29, 0.717) is 6.61 Å². The van der Waals surface area contributed by atoms with Crippen LogP contribution in [0.5, 0.6) is 0 Å². The molecule has 0 amide bonds. The highest BCUT2D eigenvalue weighted by atomic mass is 16.5. The van der Waals surface area contributed by atoms with Gasteiger partial charge >= 0.3 is 5.97 Å². The Labute approximate surface area is 209 Å². The molecule has 0 spiro atoms. The molecule has 0 radical (unpaired) electrons. The zero-order chi connectivity index (χ0) is 24.1. The van der Waals surface area contributed by atoms with Crippen LogP contribution in [0.15, 0.2) is 0 Å². The summed E-state index contributed by atoms with van der Waals surface area (Å²) in [5, 5.41) is 0. The molecule has 0 rings (SSSR count). The highest BCUT2D eigenvalue weighted by molar-refractivity contribution is 5.65. The standard InChI is InChI=1S/C31H62O2/c1-3-4-5-6-7-8-9-10-11-12-13-14-15-16-17-18-19-20-21-22-23-24-25-26-27-28-29-30-33-31(2)32/h3-30H2,1-2H3. The Balaban J connectivity index is 3.01. The number of hydrogen-bond acceptors (Lipinski definition) is 2. The van der Waals surface area contributed by atoms with E-state index in [-0.39, 0.29) is 5.97 Å². The molecule has 0 aliphatic heterocycles. The quantitative estimate of drug-likeness (QED) is 0.0846. The van der Waals surface area contributed by atoms with Gasteiger partial charge in [-0.05, 0) is 6.42 Å². The van der Waals surface area contributed by atoms with Gasteiger partial charge in [0.1, 0.15) is 0 Å². The predicted molar refractivity (Wildman–Crippen MR) is 147 cm³/mol. The molecular weight excluding hydrogens is 404 g/mol. The SMILES string of the molecule is CCCCCCCCCCCCCCCCCCCCCCCCCCCCCOC(C)=O. The topological polar surface area (TPSA) is 26.3 Å². The van der Waals surface area contributed by atoms with Gasteiger partial charge in [0.15, 0.2) is 0 Å². The molecule has 33 heavy (non-hydrogen) atoms. The smallest absolute Gasteiger partial charge is 0.302 e. The molecular formula is C31H62O2. The lowest BCUT2D eigenvalue weighted by Crippen LogP contribution is -2.00. The summed E-state index contributed by atoms with van der Waals surface area (Å²) < 4.78 is 4.96. The number of carbonyl (C=O) groups excluding carboxylic acids is 1. The van der Waals surface area contributed by atoms with Gasteiger partial charge in [0.05, 0.1) is 6.61 Å². The first kappa shape index (κ1) is 32.5. The maximum absolute atomic E-state index is 10.7. The third-order valence-corrected chi connectivity index (χ3v) is 7.05. The highest BCUT2D eigenvalue weighted by Crippen LogP contribution is 2.16. The van der Waals surface area contributed by atoms with Crippen molar-refractivity contribution in [3.8, 4) is 0 Å². The fourth-order valence-electron chi connectivity index (χ4n) is 4.81. The molecule has 0 unspecified atom stereocenters. The monoisotopic (exact) mass is 466 g/mol. The largest absolute Gasteiger partial charge is 0.466 e. The van der Waals surface area contributed by atoms with Gasteiger partial charge < -0.3 is 4.74 Å². The maximum Gasteiger partial charge on any atom is 0.302 e. The minimum Gasteiger partial charge on any atom is -0.466 e. The van der Waals surface area contributed by atoms with Crippen LogP contribution in [-0.4, -0.2) is 12.6 Å². The van der Waals surface area contributed by atoms with Gasteiger partial charge in [-0.1, -0.05) is 174 Å². The first-order valence-corrected chi connectivity index (χ1v) is 15.4. The summed E-state index contributed by atoms with van der Waals surface area (Å²) in [4.78, 5) is 10.7. The summed E-state index contributed by atoms with van der Waals surface area (Å²) in [5.74, 6) is -0.148. The van der Waals surface area contributed by atoms with Crippen molar-refractivity contribution in [3.05, 3.63) is 0 Å². The van der Waals surface area contributed by atoms with Gasteiger partial charge in [0.2, 0.25) is 0 Å². The maximum atomic E-state index is 10.7. The summed E-state index contributed by atoms with van der Waals surface area (Å²) in [7, 11) is 0. The van der Waals surface area contributed by atoms with Crippen molar-refractivity contribution >= 4 is 5.97 Å². The van der Waals surface area contributed by atoms with E-state index < -0.39 is 0 Å². The zero-order valence-electron chi connectivity index (χ0n) is 23.1. The molecule has 0 saturated carbocycles. The van der Waals surface area contributed by atoms with Gasteiger partial charge in [0, 0.05) is 6.92 Å². The molecule has 0 aliphatic carbocycles. The van der Waals surface area contributed by atoms with Crippen LogP contribution in [0, 0.1) is 0 Å². The summed E-state index contributed by atoms with van der Waals surface area (Å²) >= 11 is 0.